The number of hydrogen-bond acceptors (Lipinski definition) is 4. The first-order valence-electron chi connectivity index (χ1n) is 8.03. The number of H-pyrrole nitrogens is 1. The molecule has 3 fully saturated rings. The number of ether oxygens (including phenoxy) is 1. The second-order valence-electron chi connectivity index (χ2n) is 7.18. The first kappa shape index (κ1) is 14.0. The normalized spacial score (nSPS) is 31.0. The zero-order valence-corrected chi connectivity index (χ0v) is 12.9. The summed E-state index contributed by atoms with van der Waals surface area (Å²) in [5.74, 6) is 0.791. The summed E-state index contributed by atoms with van der Waals surface area (Å²) in [5.41, 5.74) is 0.942. The molecule has 5 heteroatoms. The molecular weight excluding hydrogens is 280 g/mol. The maximum atomic E-state index is 11.7. The molecule has 22 heavy (non-hydrogen) atoms. The average Bonchev–Trinajstić information content (AvgIpc) is 2.93. The predicted molar refractivity (Wildman–Crippen MR) is 83.8 cm³/mol. The van der Waals surface area contributed by atoms with Crippen LogP contribution in [-0.2, 0) is 11.3 Å². The summed E-state index contributed by atoms with van der Waals surface area (Å²) >= 11 is 0. The first-order chi connectivity index (χ1) is 10.6. The van der Waals surface area contributed by atoms with Crippen LogP contribution in [0.2, 0.25) is 0 Å². The monoisotopic (exact) mass is 302 g/mol. The molecule has 5 rings (SSSR count). The van der Waals surface area contributed by atoms with Gasteiger partial charge in [-0.25, -0.2) is 0 Å². The van der Waals surface area contributed by atoms with Crippen molar-refractivity contribution in [1.82, 2.24) is 10.3 Å². The lowest BCUT2D eigenvalue weighted by Crippen LogP contribution is -2.54. The van der Waals surface area contributed by atoms with Crippen molar-refractivity contribution in [2.45, 2.75) is 44.8 Å². The molecular formula is C17H22N2O3. The van der Waals surface area contributed by atoms with E-state index in [1.54, 1.807) is 12.3 Å². The third-order valence-corrected chi connectivity index (χ3v) is 5.35. The van der Waals surface area contributed by atoms with Gasteiger partial charge in [-0.15, -0.1) is 0 Å². The van der Waals surface area contributed by atoms with Gasteiger partial charge in [0.15, 0.2) is 0 Å². The highest BCUT2D eigenvalue weighted by Gasteiger charge is 2.46. The highest BCUT2D eigenvalue weighted by molar-refractivity contribution is 5.76. The number of furan rings is 1. The van der Waals surface area contributed by atoms with Crippen LogP contribution in [-0.4, -0.2) is 23.7 Å². The van der Waals surface area contributed by atoms with E-state index in [-0.39, 0.29) is 11.2 Å². The molecule has 0 atom stereocenters. The molecule has 0 unspecified atom stereocenters. The van der Waals surface area contributed by atoms with Gasteiger partial charge in [-0.1, -0.05) is 6.92 Å². The molecule has 2 N–H and O–H groups in total. The van der Waals surface area contributed by atoms with E-state index in [4.69, 9.17) is 9.15 Å². The Kier molecular flexibility index (Phi) is 3.16. The van der Waals surface area contributed by atoms with E-state index >= 15 is 0 Å². The Hall–Kier alpha value is -1.59. The zero-order chi connectivity index (χ0) is 15.2. The van der Waals surface area contributed by atoms with Gasteiger partial charge in [0.2, 0.25) is 0 Å². The summed E-state index contributed by atoms with van der Waals surface area (Å²) in [6, 6.07) is 3.60. The van der Waals surface area contributed by atoms with Gasteiger partial charge in [0, 0.05) is 12.7 Å². The van der Waals surface area contributed by atoms with Gasteiger partial charge in [-0.2, -0.15) is 0 Å². The number of nitrogens with one attached hydrogen (secondary N) is 2. The highest BCUT2D eigenvalue weighted by Crippen LogP contribution is 2.48. The summed E-state index contributed by atoms with van der Waals surface area (Å²) in [6.07, 6.45) is 6.40. The van der Waals surface area contributed by atoms with Crippen molar-refractivity contribution in [3.05, 3.63) is 34.4 Å². The molecule has 0 aromatic carbocycles. The van der Waals surface area contributed by atoms with E-state index < -0.39 is 0 Å². The summed E-state index contributed by atoms with van der Waals surface area (Å²) < 4.78 is 11.8. The Bertz CT molecular complexity index is 721. The average molecular weight is 302 g/mol. The smallest absolute Gasteiger partial charge is 0.259 e. The van der Waals surface area contributed by atoms with Gasteiger partial charge < -0.3 is 19.5 Å². The van der Waals surface area contributed by atoms with Crippen molar-refractivity contribution in [2.24, 2.45) is 5.41 Å². The summed E-state index contributed by atoms with van der Waals surface area (Å²) in [7, 11) is 0. The summed E-state index contributed by atoms with van der Waals surface area (Å²) in [6.45, 7) is 4.68. The van der Waals surface area contributed by atoms with Gasteiger partial charge in [0.1, 0.15) is 11.3 Å². The number of fused-ring (bicyclic) bond motifs is 4. The summed E-state index contributed by atoms with van der Waals surface area (Å²) in [5, 5.41) is 4.06. The van der Waals surface area contributed by atoms with Crippen molar-refractivity contribution in [2.75, 3.05) is 13.2 Å². The Morgan fingerprint density at radius 2 is 2.14 bits per heavy atom. The van der Waals surface area contributed by atoms with Crippen LogP contribution in [0.1, 0.15) is 38.4 Å². The highest BCUT2D eigenvalue weighted by atomic mass is 16.5. The molecule has 2 bridgehead atoms. The fourth-order valence-electron chi connectivity index (χ4n) is 3.68. The molecule has 1 saturated carbocycles. The lowest BCUT2D eigenvalue weighted by Gasteiger charge is -2.52. The Morgan fingerprint density at radius 3 is 2.82 bits per heavy atom. The molecule has 2 aromatic rings. The SMILES string of the molecule is CC12CCC(CNCc3cc4c(=O)[nH]ccc4o3)(CC1)OC2. The summed E-state index contributed by atoms with van der Waals surface area (Å²) in [4.78, 5) is 14.4. The predicted octanol–water partition coefficient (Wildman–Crippen LogP) is 2.56. The van der Waals surface area contributed by atoms with Gasteiger partial charge in [0.05, 0.1) is 24.1 Å². The second kappa shape index (κ2) is 4.96. The quantitative estimate of drug-likeness (QED) is 0.911. The van der Waals surface area contributed by atoms with Gasteiger partial charge >= 0.3 is 0 Å². The van der Waals surface area contributed by atoms with Crippen LogP contribution in [0.3, 0.4) is 0 Å². The molecule has 0 radical (unpaired) electrons. The van der Waals surface area contributed by atoms with E-state index in [0.29, 0.717) is 22.9 Å². The fraction of sp³-hybridized carbons (Fsp3) is 0.588. The number of pyridine rings is 1. The molecule has 2 saturated heterocycles. The van der Waals surface area contributed by atoms with Crippen molar-refractivity contribution in [3.63, 3.8) is 0 Å². The van der Waals surface area contributed by atoms with Crippen LogP contribution in [0.15, 0.2) is 27.5 Å². The zero-order valence-electron chi connectivity index (χ0n) is 12.9. The lowest BCUT2D eigenvalue weighted by atomic mass is 9.67. The van der Waals surface area contributed by atoms with E-state index in [0.717, 1.165) is 31.8 Å². The molecule has 0 spiro atoms. The molecule has 4 heterocycles. The standard InChI is InChI=1S/C17H22N2O3/c1-16-3-5-17(6-4-16,21-11-16)10-18-9-12-8-13-14(22-12)2-7-19-15(13)20/h2,7-8,18H,3-6,9-11H2,1H3,(H,19,20). The van der Waals surface area contributed by atoms with Gasteiger partial charge in [-0.3, -0.25) is 4.79 Å². The molecule has 3 aliphatic rings. The van der Waals surface area contributed by atoms with Crippen molar-refractivity contribution < 1.29 is 9.15 Å². The second-order valence-corrected chi connectivity index (χ2v) is 7.18. The third-order valence-electron chi connectivity index (χ3n) is 5.35. The van der Waals surface area contributed by atoms with Gasteiger partial charge in [-0.05, 0) is 43.2 Å². The van der Waals surface area contributed by atoms with Crippen LogP contribution >= 0.6 is 0 Å². The Labute approximate surface area is 129 Å². The third kappa shape index (κ3) is 2.38. The van der Waals surface area contributed by atoms with Crippen LogP contribution in [0.4, 0.5) is 0 Å². The minimum atomic E-state index is -0.103. The Morgan fingerprint density at radius 1 is 1.32 bits per heavy atom. The van der Waals surface area contributed by atoms with E-state index in [9.17, 15) is 4.79 Å². The van der Waals surface area contributed by atoms with Crippen molar-refractivity contribution in [3.8, 4) is 0 Å². The minimum Gasteiger partial charge on any atom is -0.459 e. The van der Waals surface area contributed by atoms with Crippen LogP contribution in [0.5, 0.6) is 0 Å². The number of hydrogen-bond donors (Lipinski definition) is 2. The molecule has 2 aliphatic heterocycles. The maximum absolute atomic E-state index is 11.7. The molecule has 118 valence electrons. The van der Waals surface area contributed by atoms with Crippen LogP contribution in [0, 0.1) is 5.41 Å². The number of aromatic nitrogens is 1. The topological polar surface area (TPSA) is 67.3 Å². The van der Waals surface area contributed by atoms with E-state index in [2.05, 4.69) is 17.2 Å². The van der Waals surface area contributed by atoms with Crippen LogP contribution in [0.25, 0.3) is 11.0 Å². The Balaban J connectivity index is 1.40. The fourth-order valence-corrected chi connectivity index (χ4v) is 3.68. The minimum absolute atomic E-state index is 0.00124. The first-order valence-corrected chi connectivity index (χ1v) is 8.03. The molecule has 0 amide bonds. The van der Waals surface area contributed by atoms with Gasteiger partial charge in [0.25, 0.3) is 5.56 Å². The lowest BCUT2D eigenvalue weighted by molar-refractivity contribution is -0.175. The number of aromatic amines is 1. The maximum Gasteiger partial charge on any atom is 0.259 e. The number of rotatable bonds is 4. The van der Waals surface area contributed by atoms with E-state index in [1.165, 1.54) is 12.8 Å². The van der Waals surface area contributed by atoms with E-state index in [1.807, 2.05) is 6.07 Å². The van der Waals surface area contributed by atoms with Crippen molar-refractivity contribution >= 4 is 11.0 Å². The molecule has 5 nitrogen and oxygen atoms in total. The van der Waals surface area contributed by atoms with Crippen LogP contribution < -0.4 is 10.9 Å². The molecule has 2 aromatic heterocycles. The van der Waals surface area contributed by atoms with Crippen molar-refractivity contribution in [1.29, 1.82) is 0 Å². The molecule has 1 aliphatic carbocycles. The largest absolute Gasteiger partial charge is 0.459 e.